The SMILES string of the molecule is C[C@@H]1CN(C(=O)c2cc(N)n[nH]2)C[C@H](C)O1. The van der Waals surface area contributed by atoms with Crippen LogP contribution in [0.1, 0.15) is 24.3 Å². The molecular formula is C10H16N4O2. The highest BCUT2D eigenvalue weighted by atomic mass is 16.5. The number of ether oxygens (including phenoxy) is 1. The Morgan fingerprint density at radius 1 is 1.56 bits per heavy atom. The van der Waals surface area contributed by atoms with E-state index in [0.717, 1.165) is 0 Å². The molecule has 1 aliphatic heterocycles. The van der Waals surface area contributed by atoms with Crippen molar-refractivity contribution in [2.45, 2.75) is 26.1 Å². The largest absolute Gasteiger partial charge is 0.382 e. The van der Waals surface area contributed by atoms with E-state index in [-0.39, 0.29) is 18.1 Å². The van der Waals surface area contributed by atoms with Crippen LogP contribution in [0.2, 0.25) is 0 Å². The lowest BCUT2D eigenvalue weighted by Crippen LogP contribution is -2.48. The van der Waals surface area contributed by atoms with Gasteiger partial charge in [-0.2, -0.15) is 5.10 Å². The minimum absolute atomic E-state index is 0.0629. The van der Waals surface area contributed by atoms with Crippen LogP contribution in [0, 0.1) is 0 Å². The number of nitrogens with zero attached hydrogens (tertiary/aromatic N) is 2. The number of amides is 1. The van der Waals surface area contributed by atoms with Crippen molar-refractivity contribution in [3.05, 3.63) is 11.8 Å². The molecule has 1 saturated heterocycles. The van der Waals surface area contributed by atoms with Gasteiger partial charge in [0.15, 0.2) is 0 Å². The van der Waals surface area contributed by atoms with Crippen molar-refractivity contribution in [1.29, 1.82) is 0 Å². The van der Waals surface area contributed by atoms with Gasteiger partial charge in [-0.05, 0) is 13.8 Å². The number of morpholine rings is 1. The minimum Gasteiger partial charge on any atom is -0.382 e. The molecule has 2 heterocycles. The second-order valence-electron chi connectivity index (χ2n) is 4.17. The number of nitrogens with two attached hydrogens (primary N) is 1. The van der Waals surface area contributed by atoms with Crippen LogP contribution in [-0.4, -0.2) is 46.3 Å². The van der Waals surface area contributed by atoms with Crippen molar-refractivity contribution in [2.75, 3.05) is 18.8 Å². The van der Waals surface area contributed by atoms with Crippen molar-refractivity contribution in [1.82, 2.24) is 15.1 Å². The quantitative estimate of drug-likeness (QED) is 0.715. The summed E-state index contributed by atoms with van der Waals surface area (Å²) in [6.07, 6.45) is 0.126. The van der Waals surface area contributed by atoms with E-state index in [1.54, 1.807) is 11.0 Å². The van der Waals surface area contributed by atoms with Crippen LogP contribution in [0.15, 0.2) is 6.07 Å². The second kappa shape index (κ2) is 4.13. The van der Waals surface area contributed by atoms with Crippen molar-refractivity contribution in [3.63, 3.8) is 0 Å². The first-order valence-electron chi connectivity index (χ1n) is 5.32. The summed E-state index contributed by atoms with van der Waals surface area (Å²) in [6, 6.07) is 1.55. The van der Waals surface area contributed by atoms with Gasteiger partial charge in [0.2, 0.25) is 0 Å². The second-order valence-corrected chi connectivity index (χ2v) is 4.17. The molecule has 0 spiro atoms. The van der Waals surface area contributed by atoms with Gasteiger partial charge in [-0.3, -0.25) is 9.89 Å². The van der Waals surface area contributed by atoms with Gasteiger partial charge in [0, 0.05) is 19.2 Å². The third-order valence-corrected chi connectivity index (χ3v) is 2.53. The third kappa shape index (κ3) is 2.16. The maximum absolute atomic E-state index is 12.0. The van der Waals surface area contributed by atoms with E-state index >= 15 is 0 Å². The highest BCUT2D eigenvalue weighted by Gasteiger charge is 2.27. The molecule has 1 fully saturated rings. The molecule has 6 nitrogen and oxygen atoms in total. The molecule has 6 heteroatoms. The molecule has 0 bridgehead atoms. The van der Waals surface area contributed by atoms with E-state index in [0.29, 0.717) is 24.6 Å². The third-order valence-electron chi connectivity index (χ3n) is 2.53. The number of hydrogen-bond acceptors (Lipinski definition) is 4. The molecule has 0 aromatic carbocycles. The summed E-state index contributed by atoms with van der Waals surface area (Å²) in [4.78, 5) is 13.8. The van der Waals surface area contributed by atoms with Crippen molar-refractivity contribution >= 4 is 11.7 Å². The monoisotopic (exact) mass is 224 g/mol. The first-order chi connectivity index (χ1) is 7.56. The molecule has 0 radical (unpaired) electrons. The summed E-state index contributed by atoms with van der Waals surface area (Å²) in [7, 11) is 0. The Hall–Kier alpha value is -1.56. The standard InChI is InChI=1S/C10H16N4O2/c1-6-4-14(5-7(2)16-6)10(15)8-3-9(11)13-12-8/h3,6-7H,4-5H2,1-2H3,(H3,11,12,13)/t6-,7+. The van der Waals surface area contributed by atoms with E-state index in [9.17, 15) is 4.79 Å². The van der Waals surface area contributed by atoms with Gasteiger partial charge < -0.3 is 15.4 Å². The summed E-state index contributed by atoms with van der Waals surface area (Å²) in [5.41, 5.74) is 5.89. The molecule has 16 heavy (non-hydrogen) atoms. The summed E-state index contributed by atoms with van der Waals surface area (Å²) >= 11 is 0. The van der Waals surface area contributed by atoms with Crippen molar-refractivity contribution < 1.29 is 9.53 Å². The smallest absolute Gasteiger partial charge is 0.272 e. The van der Waals surface area contributed by atoms with Crippen molar-refractivity contribution in [3.8, 4) is 0 Å². The maximum atomic E-state index is 12.0. The van der Waals surface area contributed by atoms with Crippen LogP contribution >= 0.6 is 0 Å². The summed E-state index contributed by atoms with van der Waals surface area (Å²) in [5.74, 6) is 0.254. The van der Waals surface area contributed by atoms with Crippen LogP contribution < -0.4 is 5.73 Å². The van der Waals surface area contributed by atoms with E-state index in [4.69, 9.17) is 10.5 Å². The number of carbonyl (C=O) groups excluding carboxylic acids is 1. The number of rotatable bonds is 1. The van der Waals surface area contributed by atoms with Gasteiger partial charge in [0.1, 0.15) is 11.5 Å². The normalized spacial score (nSPS) is 25.8. The fraction of sp³-hybridized carbons (Fsp3) is 0.600. The summed E-state index contributed by atoms with van der Waals surface area (Å²) < 4.78 is 5.56. The number of H-pyrrole nitrogens is 1. The number of hydrogen-bond donors (Lipinski definition) is 2. The van der Waals surface area contributed by atoms with Gasteiger partial charge in [-0.1, -0.05) is 0 Å². The molecular weight excluding hydrogens is 208 g/mol. The Morgan fingerprint density at radius 3 is 2.69 bits per heavy atom. The predicted molar refractivity (Wildman–Crippen MR) is 58.9 cm³/mol. The van der Waals surface area contributed by atoms with Gasteiger partial charge >= 0.3 is 0 Å². The Labute approximate surface area is 93.8 Å². The molecule has 3 N–H and O–H groups in total. The Balaban J connectivity index is 2.09. The molecule has 0 aliphatic carbocycles. The molecule has 88 valence electrons. The number of carbonyl (C=O) groups is 1. The molecule has 1 aromatic heterocycles. The van der Waals surface area contributed by atoms with Crippen LogP contribution in [-0.2, 0) is 4.74 Å². The number of aromatic nitrogens is 2. The number of aromatic amines is 1. The predicted octanol–water partition coefficient (Wildman–Crippen LogP) is 0.241. The molecule has 2 rings (SSSR count). The first kappa shape index (κ1) is 10.9. The maximum Gasteiger partial charge on any atom is 0.272 e. The van der Waals surface area contributed by atoms with Gasteiger partial charge in [-0.25, -0.2) is 0 Å². The van der Waals surface area contributed by atoms with Gasteiger partial charge in [0.25, 0.3) is 5.91 Å². The number of anilines is 1. The topological polar surface area (TPSA) is 84.2 Å². The lowest BCUT2D eigenvalue weighted by molar-refractivity contribution is -0.0587. The molecule has 2 atom stereocenters. The molecule has 0 unspecified atom stereocenters. The fourth-order valence-electron chi connectivity index (χ4n) is 1.96. The van der Waals surface area contributed by atoms with E-state index in [1.807, 2.05) is 13.8 Å². The molecule has 1 amide bonds. The summed E-state index contributed by atoms with van der Waals surface area (Å²) in [5, 5.41) is 6.37. The van der Waals surface area contributed by atoms with Crippen LogP contribution in [0.4, 0.5) is 5.82 Å². The molecule has 1 aromatic rings. The average molecular weight is 224 g/mol. The summed E-state index contributed by atoms with van der Waals surface area (Å²) in [6.45, 7) is 5.11. The molecule has 1 aliphatic rings. The first-order valence-corrected chi connectivity index (χ1v) is 5.32. The Kier molecular flexibility index (Phi) is 2.82. The van der Waals surface area contributed by atoms with Crippen LogP contribution in [0.5, 0.6) is 0 Å². The van der Waals surface area contributed by atoms with Gasteiger partial charge in [0.05, 0.1) is 12.2 Å². The van der Waals surface area contributed by atoms with E-state index in [2.05, 4.69) is 10.2 Å². The fourth-order valence-corrected chi connectivity index (χ4v) is 1.96. The molecule has 0 saturated carbocycles. The zero-order valence-corrected chi connectivity index (χ0v) is 9.43. The van der Waals surface area contributed by atoms with E-state index in [1.165, 1.54) is 0 Å². The highest BCUT2D eigenvalue weighted by molar-refractivity contribution is 5.93. The number of nitrogen functional groups attached to an aromatic ring is 1. The highest BCUT2D eigenvalue weighted by Crippen LogP contribution is 2.14. The zero-order chi connectivity index (χ0) is 11.7. The Morgan fingerprint density at radius 2 is 2.19 bits per heavy atom. The number of nitrogens with one attached hydrogen (secondary N) is 1. The van der Waals surface area contributed by atoms with Crippen LogP contribution in [0.3, 0.4) is 0 Å². The zero-order valence-electron chi connectivity index (χ0n) is 9.43. The lowest BCUT2D eigenvalue weighted by Gasteiger charge is -2.34. The average Bonchev–Trinajstić information content (AvgIpc) is 2.62. The lowest BCUT2D eigenvalue weighted by atomic mass is 10.2. The van der Waals surface area contributed by atoms with Crippen molar-refractivity contribution in [2.24, 2.45) is 0 Å². The Bertz CT molecular complexity index is 380. The minimum atomic E-state index is -0.0776. The van der Waals surface area contributed by atoms with Gasteiger partial charge in [-0.15, -0.1) is 0 Å². The van der Waals surface area contributed by atoms with E-state index < -0.39 is 0 Å². The van der Waals surface area contributed by atoms with Crippen LogP contribution in [0.25, 0.3) is 0 Å².